The molecule has 0 unspecified atom stereocenters. The predicted molar refractivity (Wildman–Crippen MR) is 117 cm³/mol. The molecule has 0 saturated heterocycles. The van der Waals surface area contributed by atoms with Crippen LogP contribution >= 0.6 is 0 Å². The van der Waals surface area contributed by atoms with Gasteiger partial charge < -0.3 is 29.6 Å². The summed E-state index contributed by atoms with van der Waals surface area (Å²) in [7, 11) is 1.52. The lowest BCUT2D eigenvalue weighted by Gasteiger charge is -2.10. The van der Waals surface area contributed by atoms with E-state index < -0.39 is 0 Å². The number of fused-ring (bicyclic) bond motifs is 1. The van der Waals surface area contributed by atoms with E-state index in [0.29, 0.717) is 40.8 Å². The Bertz CT molecular complexity index is 1110. The standard InChI is InChI=1S/C24H22N2O6/c1-29-20-5-3-2-4-19(20)24(28)26-17-7-9-18(10-8-17)30-14-23(27)25-13-16-6-11-21-22(12-16)32-15-31-21/h2-12H,13-15H2,1H3,(H,25,27)(H,26,28). The van der Waals surface area contributed by atoms with Gasteiger partial charge in [-0.15, -0.1) is 0 Å². The highest BCUT2D eigenvalue weighted by Gasteiger charge is 2.14. The highest BCUT2D eigenvalue weighted by molar-refractivity contribution is 6.06. The minimum Gasteiger partial charge on any atom is -0.496 e. The summed E-state index contributed by atoms with van der Waals surface area (Å²) in [6.45, 7) is 0.437. The Morgan fingerprint density at radius 2 is 1.75 bits per heavy atom. The monoisotopic (exact) mass is 434 g/mol. The lowest BCUT2D eigenvalue weighted by molar-refractivity contribution is -0.123. The Kier molecular flexibility index (Phi) is 6.41. The van der Waals surface area contributed by atoms with Crippen LogP contribution in [-0.4, -0.2) is 32.3 Å². The molecule has 3 aromatic carbocycles. The Labute approximate surface area is 185 Å². The fraction of sp³-hybridized carbons (Fsp3) is 0.167. The first-order chi connectivity index (χ1) is 15.6. The summed E-state index contributed by atoms with van der Waals surface area (Å²) >= 11 is 0. The van der Waals surface area contributed by atoms with E-state index >= 15 is 0 Å². The van der Waals surface area contributed by atoms with Crippen LogP contribution in [0.2, 0.25) is 0 Å². The summed E-state index contributed by atoms with van der Waals surface area (Å²) in [6, 6.07) is 19.3. The van der Waals surface area contributed by atoms with Crippen LogP contribution < -0.4 is 29.6 Å². The average Bonchev–Trinajstić information content (AvgIpc) is 3.30. The third kappa shape index (κ3) is 5.10. The molecule has 32 heavy (non-hydrogen) atoms. The number of hydrogen-bond acceptors (Lipinski definition) is 6. The predicted octanol–water partition coefficient (Wildman–Crippen LogP) is 3.37. The van der Waals surface area contributed by atoms with Gasteiger partial charge >= 0.3 is 0 Å². The molecule has 2 amide bonds. The number of hydrogen-bond donors (Lipinski definition) is 2. The van der Waals surface area contributed by atoms with Gasteiger partial charge in [-0.3, -0.25) is 9.59 Å². The van der Waals surface area contributed by atoms with Crippen LogP contribution in [0.25, 0.3) is 0 Å². The highest BCUT2D eigenvalue weighted by atomic mass is 16.7. The normalized spacial score (nSPS) is 11.5. The molecule has 1 aliphatic heterocycles. The largest absolute Gasteiger partial charge is 0.496 e. The zero-order chi connectivity index (χ0) is 22.3. The van der Waals surface area contributed by atoms with E-state index in [-0.39, 0.29) is 25.2 Å². The van der Waals surface area contributed by atoms with Gasteiger partial charge in [0.05, 0.1) is 12.7 Å². The number of carbonyl (C=O) groups is 2. The topological polar surface area (TPSA) is 95.1 Å². The molecule has 2 N–H and O–H groups in total. The lowest BCUT2D eigenvalue weighted by atomic mass is 10.2. The Morgan fingerprint density at radius 3 is 2.56 bits per heavy atom. The molecular weight excluding hydrogens is 412 g/mol. The minimum atomic E-state index is -0.279. The third-order valence-corrected chi connectivity index (χ3v) is 4.76. The minimum absolute atomic E-state index is 0.128. The van der Waals surface area contributed by atoms with Crippen LogP contribution in [0.1, 0.15) is 15.9 Å². The summed E-state index contributed by atoms with van der Waals surface area (Å²) < 4.78 is 21.3. The number of nitrogens with one attached hydrogen (secondary N) is 2. The summed E-state index contributed by atoms with van der Waals surface area (Å²) in [5.41, 5.74) is 1.94. The molecule has 8 nitrogen and oxygen atoms in total. The van der Waals surface area contributed by atoms with Crippen LogP contribution in [0.3, 0.4) is 0 Å². The van der Waals surface area contributed by atoms with E-state index in [0.717, 1.165) is 5.56 Å². The second-order valence-electron chi connectivity index (χ2n) is 6.93. The number of carbonyl (C=O) groups excluding carboxylic acids is 2. The zero-order valence-corrected chi connectivity index (χ0v) is 17.4. The second-order valence-corrected chi connectivity index (χ2v) is 6.93. The third-order valence-electron chi connectivity index (χ3n) is 4.76. The van der Waals surface area contributed by atoms with Crippen molar-refractivity contribution >= 4 is 17.5 Å². The van der Waals surface area contributed by atoms with E-state index in [9.17, 15) is 9.59 Å². The van der Waals surface area contributed by atoms with Crippen molar-refractivity contribution in [2.24, 2.45) is 0 Å². The summed E-state index contributed by atoms with van der Waals surface area (Å²) in [4.78, 5) is 24.5. The molecule has 8 heteroatoms. The van der Waals surface area contributed by atoms with Gasteiger partial charge in [-0.05, 0) is 54.1 Å². The smallest absolute Gasteiger partial charge is 0.259 e. The molecule has 0 spiro atoms. The van der Waals surface area contributed by atoms with Crippen molar-refractivity contribution in [1.29, 1.82) is 0 Å². The molecule has 0 aliphatic carbocycles. The maximum absolute atomic E-state index is 12.5. The summed E-state index contributed by atoms with van der Waals surface area (Å²) in [5, 5.41) is 5.61. The molecule has 0 aromatic heterocycles. The van der Waals surface area contributed by atoms with Crippen molar-refractivity contribution in [3.8, 4) is 23.0 Å². The second kappa shape index (κ2) is 9.74. The van der Waals surface area contributed by atoms with Crippen molar-refractivity contribution in [3.63, 3.8) is 0 Å². The lowest BCUT2D eigenvalue weighted by Crippen LogP contribution is -2.28. The summed E-state index contributed by atoms with van der Waals surface area (Å²) in [5.74, 6) is 1.85. The first-order valence-electron chi connectivity index (χ1n) is 9.95. The van der Waals surface area contributed by atoms with E-state index in [4.69, 9.17) is 18.9 Å². The number of methoxy groups -OCH3 is 1. The summed E-state index contributed by atoms with van der Waals surface area (Å²) in [6.07, 6.45) is 0. The van der Waals surface area contributed by atoms with E-state index in [1.165, 1.54) is 7.11 Å². The van der Waals surface area contributed by atoms with E-state index in [2.05, 4.69) is 10.6 Å². The zero-order valence-electron chi connectivity index (χ0n) is 17.4. The van der Waals surface area contributed by atoms with Gasteiger partial charge in [0.15, 0.2) is 18.1 Å². The molecule has 0 atom stereocenters. The number of benzene rings is 3. The Balaban J connectivity index is 1.24. The number of rotatable bonds is 8. The Hall–Kier alpha value is -4.20. The van der Waals surface area contributed by atoms with Gasteiger partial charge in [-0.2, -0.15) is 0 Å². The highest BCUT2D eigenvalue weighted by Crippen LogP contribution is 2.32. The van der Waals surface area contributed by atoms with Crippen molar-refractivity contribution in [2.45, 2.75) is 6.54 Å². The van der Waals surface area contributed by atoms with Gasteiger partial charge in [-0.1, -0.05) is 18.2 Å². The Morgan fingerprint density at radius 1 is 0.969 bits per heavy atom. The van der Waals surface area contributed by atoms with Crippen LogP contribution in [0.4, 0.5) is 5.69 Å². The van der Waals surface area contributed by atoms with Crippen LogP contribution in [0.15, 0.2) is 66.7 Å². The maximum atomic E-state index is 12.5. The van der Waals surface area contributed by atoms with Gasteiger partial charge in [-0.25, -0.2) is 0 Å². The molecule has 4 rings (SSSR count). The van der Waals surface area contributed by atoms with Crippen molar-refractivity contribution < 1.29 is 28.5 Å². The molecule has 0 fully saturated rings. The SMILES string of the molecule is COc1ccccc1C(=O)Nc1ccc(OCC(=O)NCc2ccc3c(c2)OCO3)cc1. The van der Waals surface area contributed by atoms with Gasteiger partial charge in [0.1, 0.15) is 11.5 Å². The van der Waals surface area contributed by atoms with Gasteiger partial charge in [0.2, 0.25) is 6.79 Å². The van der Waals surface area contributed by atoms with E-state index in [1.807, 2.05) is 18.2 Å². The molecule has 0 bridgehead atoms. The fourth-order valence-electron chi connectivity index (χ4n) is 3.12. The fourth-order valence-corrected chi connectivity index (χ4v) is 3.12. The number of amides is 2. The van der Waals surface area contributed by atoms with E-state index in [1.54, 1.807) is 48.5 Å². The van der Waals surface area contributed by atoms with Crippen molar-refractivity contribution in [2.75, 3.05) is 25.8 Å². The maximum Gasteiger partial charge on any atom is 0.259 e. The first kappa shape index (κ1) is 21.0. The number of ether oxygens (including phenoxy) is 4. The van der Waals surface area contributed by atoms with Crippen molar-refractivity contribution in [3.05, 3.63) is 77.9 Å². The van der Waals surface area contributed by atoms with Gasteiger partial charge in [0.25, 0.3) is 11.8 Å². The number of anilines is 1. The molecule has 1 heterocycles. The number of para-hydroxylation sites is 1. The molecule has 164 valence electrons. The van der Waals surface area contributed by atoms with Crippen LogP contribution in [0.5, 0.6) is 23.0 Å². The van der Waals surface area contributed by atoms with Crippen LogP contribution in [0, 0.1) is 0 Å². The molecule has 0 radical (unpaired) electrons. The molecule has 3 aromatic rings. The quantitative estimate of drug-likeness (QED) is 0.565. The molecule has 0 saturated carbocycles. The molecule has 1 aliphatic rings. The first-order valence-corrected chi connectivity index (χ1v) is 9.95. The van der Waals surface area contributed by atoms with Crippen LogP contribution in [-0.2, 0) is 11.3 Å². The van der Waals surface area contributed by atoms with Gasteiger partial charge in [0, 0.05) is 12.2 Å². The van der Waals surface area contributed by atoms with Crippen molar-refractivity contribution in [1.82, 2.24) is 5.32 Å². The average molecular weight is 434 g/mol. The molecular formula is C24H22N2O6.